The van der Waals surface area contributed by atoms with Crippen LogP contribution in [0.2, 0.25) is 0 Å². The largest absolute Gasteiger partial charge is 0.496 e. The van der Waals surface area contributed by atoms with Crippen LogP contribution in [-0.2, 0) is 23.6 Å². The molecule has 1 aliphatic heterocycles. The zero-order valence-corrected chi connectivity index (χ0v) is 17.6. The van der Waals surface area contributed by atoms with Gasteiger partial charge in [-0.05, 0) is 54.5 Å². The Morgan fingerprint density at radius 2 is 1.82 bits per heavy atom. The second-order valence-corrected chi connectivity index (χ2v) is 8.64. The van der Waals surface area contributed by atoms with Crippen LogP contribution in [0.5, 0.6) is 0 Å². The van der Waals surface area contributed by atoms with Crippen LogP contribution in [-0.4, -0.2) is 54.6 Å². The van der Waals surface area contributed by atoms with E-state index in [1.807, 2.05) is 27.7 Å². The van der Waals surface area contributed by atoms with Crippen molar-refractivity contribution in [2.45, 2.75) is 65.3 Å². The third-order valence-corrected chi connectivity index (χ3v) is 4.69. The number of carbonyl (C=O) groups is 2. The van der Waals surface area contributed by atoms with Crippen molar-refractivity contribution in [2.75, 3.05) is 18.1 Å². The van der Waals surface area contributed by atoms with Gasteiger partial charge in [0.15, 0.2) is 0 Å². The lowest BCUT2D eigenvalue weighted by atomic mass is 9.80. The summed E-state index contributed by atoms with van der Waals surface area (Å²) in [7, 11) is -0.542. The second kappa shape index (κ2) is 8.09. The standard InChI is InChI=1S/C19H29BN2O6/c1-17(2,3)26-16(24)22(10-11-25-13-23)15-9-8-14(12-21-15)20-27-18(4,5)19(6,7)28-20/h8-9,12-13H,10-11H2,1-7H3. The minimum Gasteiger partial charge on any atom is -0.466 e. The lowest BCUT2D eigenvalue weighted by Crippen LogP contribution is -2.41. The first-order valence-electron chi connectivity index (χ1n) is 9.24. The van der Waals surface area contributed by atoms with Crippen LogP contribution in [0.25, 0.3) is 0 Å². The third-order valence-electron chi connectivity index (χ3n) is 4.69. The van der Waals surface area contributed by atoms with E-state index in [1.54, 1.807) is 39.1 Å². The van der Waals surface area contributed by atoms with Gasteiger partial charge in [-0.2, -0.15) is 0 Å². The maximum Gasteiger partial charge on any atom is 0.496 e. The first-order chi connectivity index (χ1) is 12.9. The molecular weight excluding hydrogens is 363 g/mol. The molecule has 2 rings (SSSR count). The SMILES string of the molecule is CC(C)(C)OC(=O)N(CCOC=O)c1ccc(B2OC(C)(C)C(C)(C)O2)cn1. The number of pyridine rings is 1. The van der Waals surface area contributed by atoms with Gasteiger partial charge in [-0.25, -0.2) is 9.78 Å². The van der Waals surface area contributed by atoms with Gasteiger partial charge in [-0.15, -0.1) is 0 Å². The van der Waals surface area contributed by atoms with E-state index in [0.29, 0.717) is 12.3 Å². The summed E-state index contributed by atoms with van der Waals surface area (Å²) in [5.74, 6) is 0.379. The summed E-state index contributed by atoms with van der Waals surface area (Å²) in [6, 6.07) is 3.48. The summed E-state index contributed by atoms with van der Waals surface area (Å²) in [5.41, 5.74) is -0.824. The quantitative estimate of drug-likeness (QED) is 0.417. The summed E-state index contributed by atoms with van der Waals surface area (Å²) < 4.78 is 22.2. The number of carbonyl (C=O) groups excluding carboxylic acids is 2. The van der Waals surface area contributed by atoms with E-state index in [9.17, 15) is 9.59 Å². The van der Waals surface area contributed by atoms with Crippen LogP contribution in [0.15, 0.2) is 18.3 Å². The number of aromatic nitrogens is 1. The van der Waals surface area contributed by atoms with Gasteiger partial charge in [0.1, 0.15) is 18.0 Å². The van der Waals surface area contributed by atoms with E-state index in [2.05, 4.69) is 4.98 Å². The number of nitrogens with zero attached hydrogens (tertiary/aromatic N) is 2. The molecule has 28 heavy (non-hydrogen) atoms. The molecule has 9 heteroatoms. The molecule has 0 unspecified atom stereocenters. The Hall–Kier alpha value is -2.13. The van der Waals surface area contributed by atoms with E-state index in [4.69, 9.17) is 18.8 Å². The van der Waals surface area contributed by atoms with Crippen LogP contribution in [0.3, 0.4) is 0 Å². The number of ether oxygens (including phenoxy) is 2. The zero-order valence-electron chi connectivity index (χ0n) is 17.6. The number of hydrogen-bond acceptors (Lipinski definition) is 7. The number of hydrogen-bond donors (Lipinski definition) is 0. The predicted molar refractivity (Wildman–Crippen MR) is 106 cm³/mol. The van der Waals surface area contributed by atoms with Gasteiger partial charge in [0.05, 0.1) is 17.7 Å². The van der Waals surface area contributed by atoms with Crippen LogP contribution in [0.1, 0.15) is 48.5 Å². The minimum absolute atomic E-state index is 0.0312. The van der Waals surface area contributed by atoms with E-state index < -0.39 is 30.0 Å². The molecule has 0 radical (unpaired) electrons. The van der Waals surface area contributed by atoms with Crippen molar-refractivity contribution in [1.82, 2.24) is 4.98 Å². The summed E-state index contributed by atoms with van der Waals surface area (Å²) in [4.78, 5) is 28.6. The average Bonchev–Trinajstić information content (AvgIpc) is 2.78. The highest BCUT2D eigenvalue weighted by Crippen LogP contribution is 2.36. The molecule has 0 saturated carbocycles. The molecular formula is C19H29BN2O6. The van der Waals surface area contributed by atoms with Crippen molar-refractivity contribution in [3.63, 3.8) is 0 Å². The fourth-order valence-corrected chi connectivity index (χ4v) is 2.48. The molecule has 2 heterocycles. The second-order valence-electron chi connectivity index (χ2n) is 8.64. The maximum absolute atomic E-state index is 12.5. The van der Waals surface area contributed by atoms with Gasteiger partial charge >= 0.3 is 13.2 Å². The van der Waals surface area contributed by atoms with Crippen LogP contribution in [0.4, 0.5) is 10.6 Å². The Morgan fingerprint density at radius 3 is 2.29 bits per heavy atom. The van der Waals surface area contributed by atoms with Gasteiger partial charge in [0.25, 0.3) is 6.47 Å². The van der Waals surface area contributed by atoms with E-state index >= 15 is 0 Å². The number of rotatable bonds is 6. The Morgan fingerprint density at radius 1 is 1.21 bits per heavy atom. The lowest BCUT2D eigenvalue weighted by molar-refractivity contribution is -0.128. The van der Waals surface area contributed by atoms with Crippen molar-refractivity contribution in [1.29, 1.82) is 0 Å². The monoisotopic (exact) mass is 392 g/mol. The molecule has 1 saturated heterocycles. The van der Waals surface area contributed by atoms with Gasteiger partial charge in [0.2, 0.25) is 0 Å². The van der Waals surface area contributed by atoms with Crippen molar-refractivity contribution >= 4 is 31.0 Å². The molecule has 1 fully saturated rings. The highest BCUT2D eigenvalue weighted by atomic mass is 16.7. The maximum atomic E-state index is 12.5. The molecule has 0 aliphatic carbocycles. The average molecular weight is 392 g/mol. The van der Waals surface area contributed by atoms with E-state index in [1.165, 1.54) is 4.90 Å². The van der Waals surface area contributed by atoms with Crippen molar-refractivity contribution in [2.24, 2.45) is 0 Å². The topological polar surface area (TPSA) is 87.2 Å². The molecule has 0 atom stereocenters. The smallest absolute Gasteiger partial charge is 0.466 e. The van der Waals surface area contributed by atoms with Crippen molar-refractivity contribution in [3.8, 4) is 0 Å². The molecule has 0 N–H and O–H groups in total. The minimum atomic E-state index is -0.663. The molecule has 0 bridgehead atoms. The fraction of sp³-hybridized carbons (Fsp3) is 0.632. The summed E-state index contributed by atoms with van der Waals surface area (Å²) in [6.45, 7) is 13.7. The van der Waals surface area contributed by atoms with E-state index in [-0.39, 0.29) is 13.2 Å². The molecule has 1 amide bonds. The molecule has 0 aromatic carbocycles. The lowest BCUT2D eigenvalue weighted by Gasteiger charge is -2.32. The van der Waals surface area contributed by atoms with Crippen molar-refractivity contribution < 1.29 is 28.4 Å². The van der Waals surface area contributed by atoms with Gasteiger partial charge < -0.3 is 18.8 Å². The van der Waals surface area contributed by atoms with Gasteiger partial charge in [0, 0.05) is 11.7 Å². The Bertz CT molecular complexity index is 683. The summed E-state index contributed by atoms with van der Waals surface area (Å²) in [6.07, 6.45) is 1.04. The highest BCUT2D eigenvalue weighted by Gasteiger charge is 2.51. The molecule has 0 spiro atoms. The first kappa shape index (κ1) is 22.2. The van der Waals surface area contributed by atoms with Crippen molar-refractivity contribution in [3.05, 3.63) is 18.3 Å². The Kier molecular flexibility index (Phi) is 6.40. The number of amides is 1. The Balaban J connectivity index is 2.18. The van der Waals surface area contributed by atoms with Gasteiger partial charge in [-0.3, -0.25) is 9.69 Å². The zero-order chi connectivity index (χ0) is 21.2. The summed E-state index contributed by atoms with van der Waals surface area (Å²) in [5, 5.41) is 0. The highest BCUT2D eigenvalue weighted by molar-refractivity contribution is 6.62. The normalized spacial score (nSPS) is 17.9. The van der Waals surface area contributed by atoms with Crippen LogP contribution in [0, 0.1) is 0 Å². The Labute approximate surface area is 166 Å². The van der Waals surface area contributed by atoms with E-state index in [0.717, 1.165) is 5.46 Å². The molecule has 1 aliphatic rings. The fourth-order valence-electron chi connectivity index (χ4n) is 2.48. The molecule has 1 aromatic heterocycles. The molecule has 1 aromatic rings. The van der Waals surface area contributed by atoms with Crippen LogP contribution < -0.4 is 10.4 Å². The number of anilines is 1. The first-order valence-corrected chi connectivity index (χ1v) is 9.24. The van der Waals surface area contributed by atoms with Crippen LogP contribution >= 0.6 is 0 Å². The molecule has 8 nitrogen and oxygen atoms in total. The van der Waals surface area contributed by atoms with Gasteiger partial charge in [-0.1, -0.05) is 6.07 Å². The molecule has 154 valence electrons. The third kappa shape index (κ3) is 5.23. The predicted octanol–water partition coefficient (Wildman–Crippen LogP) is 2.30. The summed E-state index contributed by atoms with van der Waals surface area (Å²) >= 11 is 0.